The number of carbonyl (C=O) groups excluding carboxylic acids is 1. The minimum absolute atomic E-state index is 0.0135. The summed E-state index contributed by atoms with van der Waals surface area (Å²) < 4.78 is 4.85. The highest BCUT2D eigenvalue weighted by Crippen LogP contribution is 2.07. The predicted molar refractivity (Wildman–Crippen MR) is 58.5 cm³/mol. The van der Waals surface area contributed by atoms with E-state index in [2.05, 4.69) is 0 Å². The van der Waals surface area contributed by atoms with E-state index >= 15 is 0 Å². The van der Waals surface area contributed by atoms with E-state index in [-0.39, 0.29) is 12.6 Å². The van der Waals surface area contributed by atoms with E-state index in [1.807, 2.05) is 0 Å². The van der Waals surface area contributed by atoms with E-state index in [9.17, 15) is 4.79 Å². The predicted octanol–water partition coefficient (Wildman–Crippen LogP) is 1.87. The molecule has 0 aliphatic carbocycles. The van der Waals surface area contributed by atoms with Gasteiger partial charge in [-0.15, -0.1) is 0 Å². The van der Waals surface area contributed by atoms with Crippen LogP contribution in [-0.2, 0) is 4.74 Å². The van der Waals surface area contributed by atoms with Gasteiger partial charge in [0.15, 0.2) is 0 Å². The van der Waals surface area contributed by atoms with Crippen molar-refractivity contribution in [1.82, 2.24) is 0 Å². The van der Waals surface area contributed by atoms with Crippen LogP contribution in [0.3, 0.4) is 0 Å². The van der Waals surface area contributed by atoms with Crippen LogP contribution in [0.4, 0.5) is 0 Å². The highest BCUT2D eigenvalue weighted by Gasteiger charge is 2.04. The first-order valence-electron chi connectivity index (χ1n) is 4.82. The molecule has 0 fully saturated rings. The minimum Gasteiger partial charge on any atom is -0.462 e. The zero-order chi connectivity index (χ0) is 11.1. The Labute approximate surface area is 89.0 Å². The third kappa shape index (κ3) is 3.56. The number of ether oxygens (including phenoxy) is 1. The van der Waals surface area contributed by atoms with E-state index in [1.54, 1.807) is 43.3 Å². The summed E-state index contributed by atoms with van der Waals surface area (Å²) in [6.45, 7) is 2.17. The lowest BCUT2D eigenvalue weighted by molar-refractivity contribution is 0.0526. The van der Waals surface area contributed by atoms with Gasteiger partial charge in [0.2, 0.25) is 0 Å². The van der Waals surface area contributed by atoms with Gasteiger partial charge in [0.05, 0.1) is 18.8 Å². The molecule has 1 aromatic rings. The van der Waals surface area contributed by atoms with Gasteiger partial charge >= 0.3 is 5.97 Å². The van der Waals surface area contributed by atoms with Gasteiger partial charge in [-0.25, -0.2) is 4.79 Å². The Balaban J connectivity index is 2.71. The Bertz CT molecular complexity index is 338. The smallest absolute Gasteiger partial charge is 0.338 e. The zero-order valence-corrected chi connectivity index (χ0v) is 8.64. The van der Waals surface area contributed by atoms with Gasteiger partial charge < -0.3 is 9.84 Å². The summed E-state index contributed by atoms with van der Waals surface area (Å²) in [5.74, 6) is -0.310. The molecule has 0 unspecified atom stereocenters. The molecule has 0 bridgehead atoms. The molecule has 0 saturated carbocycles. The van der Waals surface area contributed by atoms with E-state index < -0.39 is 0 Å². The fraction of sp³-hybridized carbons (Fsp3) is 0.250. The summed E-state index contributed by atoms with van der Waals surface area (Å²) >= 11 is 0. The number of esters is 1. The van der Waals surface area contributed by atoms with Gasteiger partial charge in [0.25, 0.3) is 0 Å². The molecule has 3 nitrogen and oxygen atoms in total. The second kappa shape index (κ2) is 5.98. The van der Waals surface area contributed by atoms with Crippen LogP contribution >= 0.6 is 0 Å². The molecule has 1 rings (SSSR count). The van der Waals surface area contributed by atoms with Crippen molar-refractivity contribution in [3.8, 4) is 0 Å². The minimum atomic E-state index is -0.310. The van der Waals surface area contributed by atoms with Crippen molar-refractivity contribution in [2.75, 3.05) is 13.2 Å². The summed E-state index contributed by atoms with van der Waals surface area (Å²) in [5.41, 5.74) is 1.48. The summed E-state index contributed by atoms with van der Waals surface area (Å²) in [4.78, 5) is 11.3. The average Bonchev–Trinajstić information content (AvgIpc) is 2.27. The van der Waals surface area contributed by atoms with E-state index in [0.717, 1.165) is 5.56 Å². The summed E-state index contributed by atoms with van der Waals surface area (Å²) in [6, 6.07) is 7.01. The largest absolute Gasteiger partial charge is 0.462 e. The summed E-state index contributed by atoms with van der Waals surface area (Å²) in [5, 5.41) is 8.58. The molecule has 0 aromatic heterocycles. The van der Waals surface area contributed by atoms with E-state index in [1.165, 1.54) is 0 Å². The zero-order valence-electron chi connectivity index (χ0n) is 8.64. The molecule has 15 heavy (non-hydrogen) atoms. The van der Waals surface area contributed by atoms with Gasteiger partial charge in [0, 0.05) is 0 Å². The van der Waals surface area contributed by atoms with Gasteiger partial charge in [0.1, 0.15) is 0 Å². The third-order valence-corrected chi connectivity index (χ3v) is 1.84. The summed E-state index contributed by atoms with van der Waals surface area (Å²) in [7, 11) is 0. The maximum absolute atomic E-state index is 11.3. The van der Waals surface area contributed by atoms with Gasteiger partial charge in [-0.2, -0.15) is 0 Å². The second-order valence-corrected chi connectivity index (χ2v) is 2.93. The molecule has 0 spiro atoms. The first kappa shape index (κ1) is 11.5. The number of rotatable bonds is 4. The molecule has 1 aromatic carbocycles. The van der Waals surface area contributed by atoms with Crippen LogP contribution < -0.4 is 0 Å². The average molecular weight is 206 g/mol. The van der Waals surface area contributed by atoms with Crippen LogP contribution in [0.15, 0.2) is 30.3 Å². The van der Waals surface area contributed by atoms with Gasteiger partial charge in [-0.1, -0.05) is 24.3 Å². The van der Waals surface area contributed by atoms with Crippen LogP contribution in [0.2, 0.25) is 0 Å². The van der Waals surface area contributed by atoms with Crippen molar-refractivity contribution >= 4 is 12.0 Å². The molecule has 0 radical (unpaired) electrons. The van der Waals surface area contributed by atoms with Crippen LogP contribution in [0.25, 0.3) is 6.08 Å². The molecule has 0 saturated heterocycles. The van der Waals surface area contributed by atoms with E-state index in [0.29, 0.717) is 12.2 Å². The molecule has 80 valence electrons. The Morgan fingerprint density at radius 1 is 1.40 bits per heavy atom. The van der Waals surface area contributed by atoms with Crippen molar-refractivity contribution in [1.29, 1.82) is 0 Å². The number of aliphatic hydroxyl groups excluding tert-OH is 1. The molecule has 0 amide bonds. The maximum atomic E-state index is 11.3. The molecular formula is C12H14O3. The third-order valence-electron chi connectivity index (χ3n) is 1.84. The Kier molecular flexibility index (Phi) is 4.57. The van der Waals surface area contributed by atoms with Crippen LogP contribution in [-0.4, -0.2) is 24.3 Å². The van der Waals surface area contributed by atoms with Crippen molar-refractivity contribution in [2.24, 2.45) is 0 Å². The second-order valence-electron chi connectivity index (χ2n) is 2.93. The Morgan fingerprint density at radius 3 is 2.60 bits per heavy atom. The Hall–Kier alpha value is -1.61. The molecular weight excluding hydrogens is 192 g/mol. The molecule has 0 aliphatic rings. The van der Waals surface area contributed by atoms with E-state index in [4.69, 9.17) is 9.84 Å². The first-order valence-corrected chi connectivity index (χ1v) is 4.82. The maximum Gasteiger partial charge on any atom is 0.338 e. The number of carbonyl (C=O) groups is 1. The normalized spacial score (nSPS) is 10.5. The fourth-order valence-corrected chi connectivity index (χ4v) is 1.13. The lowest BCUT2D eigenvalue weighted by Gasteiger charge is -2.01. The molecule has 1 N–H and O–H groups in total. The van der Waals surface area contributed by atoms with Crippen LogP contribution in [0.5, 0.6) is 0 Å². The SMILES string of the molecule is CCOC(=O)c1ccc(/C=C/CO)cc1. The summed E-state index contributed by atoms with van der Waals surface area (Å²) in [6.07, 6.45) is 3.42. The highest BCUT2D eigenvalue weighted by molar-refractivity contribution is 5.89. The molecule has 0 heterocycles. The quantitative estimate of drug-likeness (QED) is 0.765. The monoisotopic (exact) mass is 206 g/mol. The number of benzene rings is 1. The first-order chi connectivity index (χ1) is 7.27. The molecule has 0 atom stereocenters. The van der Waals surface area contributed by atoms with Crippen LogP contribution in [0, 0.1) is 0 Å². The van der Waals surface area contributed by atoms with Crippen molar-refractivity contribution < 1.29 is 14.6 Å². The lowest BCUT2D eigenvalue weighted by Crippen LogP contribution is -2.03. The van der Waals surface area contributed by atoms with Gasteiger partial charge in [-0.05, 0) is 24.6 Å². The molecule has 3 heteroatoms. The topological polar surface area (TPSA) is 46.5 Å². The van der Waals surface area contributed by atoms with Crippen molar-refractivity contribution in [3.05, 3.63) is 41.5 Å². The van der Waals surface area contributed by atoms with Crippen molar-refractivity contribution in [3.63, 3.8) is 0 Å². The number of hydrogen-bond donors (Lipinski definition) is 1. The lowest BCUT2D eigenvalue weighted by atomic mass is 10.1. The number of aliphatic hydroxyl groups is 1. The fourth-order valence-electron chi connectivity index (χ4n) is 1.13. The standard InChI is InChI=1S/C12H14O3/c1-2-15-12(14)11-7-5-10(6-8-11)4-3-9-13/h3-8,13H,2,9H2,1H3/b4-3+. The highest BCUT2D eigenvalue weighted by atomic mass is 16.5. The molecule has 0 aliphatic heterocycles. The van der Waals surface area contributed by atoms with Crippen LogP contribution in [0.1, 0.15) is 22.8 Å². The van der Waals surface area contributed by atoms with Gasteiger partial charge in [-0.3, -0.25) is 0 Å². The Morgan fingerprint density at radius 2 is 2.07 bits per heavy atom. The number of hydrogen-bond acceptors (Lipinski definition) is 3. The van der Waals surface area contributed by atoms with Crippen molar-refractivity contribution in [2.45, 2.75) is 6.92 Å².